The number of ether oxygens (including phenoxy) is 1. The molecule has 2 atom stereocenters. The molecule has 2 N–H and O–H groups in total. The Labute approximate surface area is 141 Å². The molecule has 2 unspecified atom stereocenters. The van der Waals surface area contributed by atoms with E-state index in [0.29, 0.717) is 13.1 Å². The third-order valence-electron chi connectivity index (χ3n) is 4.16. The predicted octanol–water partition coefficient (Wildman–Crippen LogP) is 2.19. The lowest BCUT2D eigenvalue weighted by atomic mass is 10.1. The Morgan fingerprint density at radius 2 is 2.08 bits per heavy atom. The number of benzene rings is 1. The monoisotopic (exact) mass is 329 g/mol. The molecule has 0 saturated heterocycles. The molecule has 6 nitrogen and oxygen atoms in total. The average Bonchev–Trinajstić information content (AvgIpc) is 3.22. The second-order valence-electron chi connectivity index (χ2n) is 6.14. The highest BCUT2D eigenvalue weighted by atomic mass is 16.5. The van der Waals surface area contributed by atoms with Crippen LogP contribution in [-0.2, 0) is 6.42 Å². The van der Waals surface area contributed by atoms with Crippen LogP contribution in [0.4, 0.5) is 4.79 Å². The molecule has 1 aromatic heterocycles. The first-order chi connectivity index (χ1) is 11.6. The van der Waals surface area contributed by atoms with E-state index in [9.17, 15) is 4.79 Å². The fourth-order valence-electron chi connectivity index (χ4n) is 2.84. The van der Waals surface area contributed by atoms with Crippen molar-refractivity contribution in [2.45, 2.75) is 18.6 Å². The van der Waals surface area contributed by atoms with Crippen molar-refractivity contribution in [2.75, 3.05) is 27.2 Å². The second-order valence-corrected chi connectivity index (χ2v) is 6.14. The first-order valence-corrected chi connectivity index (χ1v) is 8.09. The zero-order valence-corrected chi connectivity index (χ0v) is 14.0. The Morgan fingerprint density at radius 1 is 1.25 bits per heavy atom. The van der Waals surface area contributed by atoms with Crippen molar-refractivity contribution < 1.29 is 13.9 Å². The van der Waals surface area contributed by atoms with Gasteiger partial charge in [0.25, 0.3) is 0 Å². The van der Waals surface area contributed by atoms with E-state index >= 15 is 0 Å². The van der Waals surface area contributed by atoms with Crippen LogP contribution >= 0.6 is 0 Å². The lowest BCUT2D eigenvalue weighted by Crippen LogP contribution is -2.43. The molecule has 0 bridgehead atoms. The molecule has 0 radical (unpaired) electrons. The summed E-state index contributed by atoms with van der Waals surface area (Å²) in [5.74, 6) is 1.74. The minimum atomic E-state index is -0.201. The molecule has 1 aromatic carbocycles. The van der Waals surface area contributed by atoms with Gasteiger partial charge in [0.1, 0.15) is 17.6 Å². The fraction of sp³-hybridized carbons (Fsp3) is 0.389. The number of furan rings is 1. The number of fused-ring (bicyclic) bond motifs is 1. The standard InChI is InChI=1S/C18H23N3O3/c1-21(2)15(17-8-5-9-23-17)12-20-18(22)19-11-14-10-13-6-3-4-7-16(13)24-14/h3-9,14-15H,10-12H2,1-2H3,(H2,19,20,22). The third kappa shape index (κ3) is 3.89. The van der Waals surface area contributed by atoms with E-state index in [1.165, 1.54) is 5.56 Å². The number of para-hydroxylation sites is 1. The van der Waals surface area contributed by atoms with Gasteiger partial charge in [0.05, 0.1) is 18.8 Å². The molecule has 1 aliphatic rings. The van der Waals surface area contributed by atoms with Gasteiger partial charge in [-0.25, -0.2) is 4.79 Å². The maximum absolute atomic E-state index is 12.0. The van der Waals surface area contributed by atoms with E-state index in [2.05, 4.69) is 16.7 Å². The van der Waals surface area contributed by atoms with Gasteiger partial charge in [-0.1, -0.05) is 18.2 Å². The minimum Gasteiger partial charge on any atom is -0.488 e. The number of hydrogen-bond acceptors (Lipinski definition) is 4. The number of carbonyl (C=O) groups excluding carboxylic acids is 1. The van der Waals surface area contributed by atoms with Crippen molar-refractivity contribution >= 4 is 6.03 Å². The second kappa shape index (κ2) is 7.40. The van der Waals surface area contributed by atoms with Gasteiger partial charge in [0.2, 0.25) is 0 Å². The van der Waals surface area contributed by atoms with E-state index in [4.69, 9.17) is 9.15 Å². The van der Waals surface area contributed by atoms with Crippen LogP contribution in [-0.4, -0.2) is 44.2 Å². The fourth-order valence-corrected chi connectivity index (χ4v) is 2.84. The molecule has 128 valence electrons. The summed E-state index contributed by atoms with van der Waals surface area (Å²) in [7, 11) is 3.91. The lowest BCUT2D eigenvalue weighted by Gasteiger charge is -2.22. The van der Waals surface area contributed by atoms with Gasteiger partial charge in [-0.15, -0.1) is 0 Å². The number of likely N-dealkylation sites (N-methyl/N-ethyl adjacent to an activating group) is 1. The van der Waals surface area contributed by atoms with Crippen LogP contribution in [0.25, 0.3) is 0 Å². The van der Waals surface area contributed by atoms with Gasteiger partial charge in [-0.05, 0) is 37.9 Å². The number of nitrogens with zero attached hydrogens (tertiary/aromatic N) is 1. The molecule has 0 saturated carbocycles. The van der Waals surface area contributed by atoms with Crippen molar-refractivity contribution in [1.29, 1.82) is 0 Å². The Morgan fingerprint density at radius 3 is 2.79 bits per heavy atom. The molecule has 1 aliphatic heterocycles. The first-order valence-electron chi connectivity index (χ1n) is 8.09. The van der Waals surface area contributed by atoms with E-state index in [-0.39, 0.29) is 18.2 Å². The largest absolute Gasteiger partial charge is 0.488 e. The third-order valence-corrected chi connectivity index (χ3v) is 4.16. The summed E-state index contributed by atoms with van der Waals surface area (Å²) in [4.78, 5) is 14.1. The molecular weight excluding hydrogens is 306 g/mol. The summed E-state index contributed by atoms with van der Waals surface area (Å²) >= 11 is 0. The SMILES string of the molecule is CN(C)C(CNC(=O)NCC1Cc2ccccc2O1)c1ccco1. The van der Waals surface area contributed by atoms with Gasteiger partial charge in [-0.2, -0.15) is 0 Å². The maximum Gasteiger partial charge on any atom is 0.314 e. The van der Waals surface area contributed by atoms with E-state index in [1.807, 2.05) is 49.3 Å². The van der Waals surface area contributed by atoms with E-state index in [0.717, 1.165) is 17.9 Å². The number of nitrogens with one attached hydrogen (secondary N) is 2. The van der Waals surface area contributed by atoms with Crippen LogP contribution < -0.4 is 15.4 Å². The molecular formula is C18H23N3O3. The zero-order chi connectivity index (χ0) is 16.9. The Hall–Kier alpha value is -2.47. The quantitative estimate of drug-likeness (QED) is 0.852. The molecule has 0 spiro atoms. The van der Waals surface area contributed by atoms with Crippen molar-refractivity contribution in [3.05, 3.63) is 54.0 Å². The van der Waals surface area contributed by atoms with Crippen LogP contribution in [0.1, 0.15) is 17.4 Å². The number of rotatable bonds is 6. The Bertz CT molecular complexity index is 645. The Balaban J connectivity index is 1.43. The van der Waals surface area contributed by atoms with Crippen molar-refractivity contribution in [3.63, 3.8) is 0 Å². The molecule has 2 amide bonds. The summed E-state index contributed by atoms with van der Waals surface area (Å²) in [6.45, 7) is 0.950. The van der Waals surface area contributed by atoms with Gasteiger partial charge >= 0.3 is 6.03 Å². The molecule has 24 heavy (non-hydrogen) atoms. The minimum absolute atomic E-state index is 0.00210. The first kappa shape index (κ1) is 16.4. The topological polar surface area (TPSA) is 66.7 Å². The molecule has 2 heterocycles. The Kier molecular flexibility index (Phi) is 5.05. The highest BCUT2D eigenvalue weighted by Gasteiger charge is 2.23. The molecule has 0 fully saturated rings. The average molecular weight is 329 g/mol. The summed E-state index contributed by atoms with van der Waals surface area (Å²) in [6.07, 6.45) is 2.45. The summed E-state index contributed by atoms with van der Waals surface area (Å²) in [6, 6.07) is 11.5. The van der Waals surface area contributed by atoms with Gasteiger partial charge < -0.3 is 19.8 Å². The molecule has 2 aromatic rings. The van der Waals surface area contributed by atoms with Crippen LogP contribution in [0.2, 0.25) is 0 Å². The van der Waals surface area contributed by atoms with E-state index in [1.54, 1.807) is 6.26 Å². The van der Waals surface area contributed by atoms with Gasteiger partial charge in [0, 0.05) is 13.0 Å². The normalized spacial score (nSPS) is 17.2. The molecule has 6 heteroatoms. The van der Waals surface area contributed by atoms with Crippen molar-refractivity contribution in [2.24, 2.45) is 0 Å². The number of urea groups is 1. The highest BCUT2D eigenvalue weighted by Crippen LogP contribution is 2.27. The number of hydrogen-bond donors (Lipinski definition) is 2. The van der Waals surface area contributed by atoms with Crippen LogP contribution in [0.3, 0.4) is 0 Å². The smallest absolute Gasteiger partial charge is 0.314 e. The number of amides is 2. The van der Waals surface area contributed by atoms with Gasteiger partial charge in [-0.3, -0.25) is 4.90 Å². The highest BCUT2D eigenvalue weighted by molar-refractivity contribution is 5.73. The van der Waals surface area contributed by atoms with Crippen molar-refractivity contribution in [1.82, 2.24) is 15.5 Å². The number of carbonyl (C=O) groups is 1. The summed E-state index contributed by atoms with van der Waals surface area (Å²) in [5, 5.41) is 5.77. The van der Waals surface area contributed by atoms with Crippen LogP contribution in [0.15, 0.2) is 47.1 Å². The van der Waals surface area contributed by atoms with Crippen LogP contribution in [0.5, 0.6) is 5.75 Å². The molecule has 0 aliphatic carbocycles. The lowest BCUT2D eigenvalue weighted by molar-refractivity contribution is 0.208. The predicted molar refractivity (Wildman–Crippen MR) is 91.1 cm³/mol. The van der Waals surface area contributed by atoms with Crippen LogP contribution in [0, 0.1) is 0 Å². The molecule has 3 rings (SSSR count). The summed E-state index contributed by atoms with van der Waals surface area (Å²) < 4.78 is 11.2. The van der Waals surface area contributed by atoms with Crippen molar-refractivity contribution in [3.8, 4) is 5.75 Å². The van der Waals surface area contributed by atoms with Gasteiger partial charge in [0.15, 0.2) is 0 Å². The summed E-state index contributed by atoms with van der Waals surface area (Å²) in [5.41, 5.74) is 1.19. The zero-order valence-electron chi connectivity index (χ0n) is 14.0. The van der Waals surface area contributed by atoms with E-state index < -0.39 is 0 Å². The maximum atomic E-state index is 12.0.